The normalized spacial score (nSPS) is 10.4. The number of benzene rings is 1. The Bertz CT molecular complexity index is 438. The zero-order valence-electron chi connectivity index (χ0n) is 14.4. The van der Waals surface area contributed by atoms with Crippen LogP contribution in [0.25, 0.3) is 0 Å². The number of rotatable bonds is 12. The van der Waals surface area contributed by atoms with Crippen molar-refractivity contribution in [2.75, 3.05) is 39.6 Å². The van der Waals surface area contributed by atoms with Gasteiger partial charge >= 0.3 is 11.9 Å². The first-order chi connectivity index (χ1) is 11.7. The minimum Gasteiger partial charge on any atom is -0.463 e. The fraction of sp³-hybridized carbons (Fsp3) is 0.556. The van der Waals surface area contributed by atoms with Crippen molar-refractivity contribution in [1.29, 1.82) is 0 Å². The third-order valence-corrected chi connectivity index (χ3v) is 3.11. The molecule has 0 aliphatic rings. The van der Waals surface area contributed by atoms with Gasteiger partial charge in [0.2, 0.25) is 0 Å². The number of hydrogen-bond acceptors (Lipinski definition) is 6. The van der Waals surface area contributed by atoms with Crippen LogP contribution >= 0.6 is 0 Å². The molecule has 24 heavy (non-hydrogen) atoms. The molecular weight excluding hydrogens is 312 g/mol. The van der Waals surface area contributed by atoms with E-state index in [0.29, 0.717) is 26.4 Å². The van der Waals surface area contributed by atoms with Gasteiger partial charge in [0.05, 0.1) is 26.1 Å². The molecule has 0 aromatic heterocycles. The maximum absolute atomic E-state index is 11.6. The van der Waals surface area contributed by atoms with Gasteiger partial charge in [0.25, 0.3) is 0 Å². The van der Waals surface area contributed by atoms with Gasteiger partial charge in [-0.3, -0.25) is 9.59 Å². The van der Waals surface area contributed by atoms with Crippen LogP contribution in [-0.2, 0) is 41.4 Å². The van der Waals surface area contributed by atoms with Gasteiger partial charge in [-0.2, -0.15) is 0 Å². The molecule has 6 heteroatoms. The SMILES string of the molecule is CCOCCOC(=O)Cc1ccc(CC(=O)OCCOCC)cc1. The largest absolute Gasteiger partial charge is 0.463 e. The van der Waals surface area contributed by atoms with Crippen LogP contribution in [0.15, 0.2) is 24.3 Å². The zero-order chi connectivity index (χ0) is 17.6. The molecule has 0 fully saturated rings. The molecule has 0 spiro atoms. The molecule has 0 atom stereocenters. The van der Waals surface area contributed by atoms with E-state index < -0.39 is 0 Å². The third kappa shape index (κ3) is 9.27. The Morgan fingerprint density at radius 1 is 0.708 bits per heavy atom. The summed E-state index contributed by atoms with van der Waals surface area (Å²) in [5.74, 6) is -0.587. The average Bonchev–Trinajstić information content (AvgIpc) is 2.57. The maximum atomic E-state index is 11.6. The Hall–Kier alpha value is -1.92. The highest BCUT2D eigenvalue weighted by Crippen LogP contribution is 2.07. The van der Waals surface area contributed by atoms with Crippen LogP contribution in [0.1, 0.15) is 25.0 Å². The molecule has 0 heterocycles. The first-order valence-electron chi connectivity index (χ1n) is 8.20. The highest BCUT2D eigenvalue weighted by Gasteiger charge is 2.07. The summed E-state index contributed by atoms with van der Waals surface area (Å²) in [4.78, 5) is 23.3. The van der Waals surface area contributed by atoms with Crippen molar-refractivity contribution < 1.29 is 28.5 Å². The number of ether oxygens (including phenoxy) is 4. The summed E-state index contributed by atoms with van der Waals surface area (Å²) >= 11 is 0. The quantitative estimate of drug-likeness (QED) is 0.428. The van der Waals surface area contributed by atoms with Crippen LogP contribution in [0.3, 0.4) is 0 Å². The first kappa shape index (κ1) is 20.1. The van der Waals surface area contributed by atoms with E-state index >= 15 is 0 Å². The molecule has 0 aliphatic carbocycles. The predicted octanol–water partition coefficient (Wildman–Crippen LogP) is 1.93. The van der Waals surface area contributed by atoms with Crippen LogP contribution < -0.4 is 0 Å². The molecule has 6 nitrogen and oxygen atoms in total. The molecule has 0 saturated heterocycles. The second-order valence-electron chi connectivity index (χ2n) is 5.00. The average molecular weight is 338 g/mol. The number of carbonyl (C=O) groups is 2. The highest BCUT2D eigenvalue weighted by atomic mass is 16.6. The molecule has 1 rings (SSSR count). The summed E-state index contributed by atoms with van der Waals surface area (Å²) in [6.45, 7) is 6.33. The van der Waals surface area contributed by atoms with E-state index in [4.69, 9.17) is 18.9 Å². The smallest absolute Gasteiger partial charge is 0.310 e. The lowest BCUT2D eigenvalue weighted by molar-refractivity contribution is -0.145. The standard InChI is InChI=1S/C18H26O6/c1-3-21-9-11-23-17(19)13-15-5-7-16(8-6-15)14-18(20)24-12-10-22-4-2/h5-8H,3-4,9-14H2,1-2H3. The summed E-state index contributed by atoms with van der Waals surface area (Å²) in [7, 11) is 0. The van der Waals surface area contributed by atoms with Crippen molar-refractivity contribution >= 4 is 11.9 Å². The van der Waals surface area contributed by atoms with Crippen molar-refractivity contribution in [3.8, 4) is 0 Å². The molecule has 0 radical (unpaired) electrons. The molecule has 1 aromatic rings. The van der Waals surface area contributed by atoms with Gasteiger partial charge in [0.15, 0.2) is 0 Å². The Morgan fingerprint density at radius 2 is 1.08 bits per heavy atom. The number of esters is 2. The van der Waals surface area contributed by atoms with Gasteiger partial charge < -0.3 is 18.9 Å². The Morgan fingerprint density at radius 3 is 1.42 bits per heavy atom. The molecule has 0 amide bonds. The lowest BCUT2D eigenvalue weighted by Gasteiger charge is -2.07. The van der Waals surface area contributed by atoms with Crippen LogP contribution in [0.5, 0.6) is 0 Å². The monoisotopic (exact) mass is 338 g/mol. The summed E-state index contributed by atoms with van der Waals surface area (Å²) < 4.78 is 20.3. The molecule has 0 bridgehead atoms. The first-order valence-corrected chi connectivity index (χ1v) is 8.20. The second-order valence-corrected chi connectivity index (χ2v) is 5.00. The van der Waals surface area contributed by atoms with E-state index in [1.807, 2.05) is 38.1 Å². The van der Waals surface area contributed by atoms with Crippen LogP contribution in [-0.4, -0.2) is 51.6 Å². The van der Waals surface area contributed by atoms with E-state index in [1.165, 1.54) is 0 Å². The maximum Gasteiger partial charge on any atom is 0.310 e. The fourth-order valence-electron chi connectivity index (χ4n) is 1.93. The van der Waals surface area contributed by atoms with Crippen molar-refractivity contribution in [3.05, 3.63) is 35.4 Å². The fourth-order valence-corrected chi connectivity index (χ4v) is 1.93. The topological polar surface area (TPSA) is 71.1 Å². The van der Waals surface area contributed by atoms with E-state index in [-0.39, 0.29) is 38.0 Å². The zero-order valence-corrected chi connectivity index (χ0v) is 14.4. The summed E-state index contributed by atoms with van der Waals surface area (Å²) in [5, 5.41) is 0. The van der Waals surface area contributed by atoms with Crippen molar-refractivity contribution in [2.24, 2.45) is 0 Å². The van der Waals surface area contributed by atoms with Crippen molar-refractivity contribution in [1.82, 2.24) is 0 Å². The van der Waals surface area contributed by atoms with Crippen LogP contribution in [0.4, 0.5) is 0 Å². The van der Waals surface area contributed by atoms with E-state index in [2.05, 4.69) is 0 Å². The minimum atomic E-state index is -0.294. The van der Waals surface area contributed by atoms with E-state index in [9.17, 15) is 9.59 Å². The van der Waals surface area contributed by atoms with Crippen LogP contribution in [0.2, 0.25) is 0 Å². The molecule has 0 N–H and O–H groups in total. The molecule has 134 valence electrons. The second kappa shape index (κ2) is 12.5. The Balaban J connectivity index is 2.29. The number of carbonyl (C=O) groups excluding carboxylic acids is 2. The predicted molar refractivity (Wildman–Crippen MR) is 88.8 cm³/mol. The summed E-state index contributed by atoms with van der Waals surface area (Å²) in [6.07, 6.45) is 0.399. The lowest BCUT2D eigenvalue weighted by Crippen LogP contribution is -2.13. The van der Waals surface area contributed by atoms with Gasteiger partial charge in [-0.25, -0.2) is 0 Å². The van der Waals surface area contributed by atoms with Gasteiger partial charge in [0, 0.05) is 13.2 Å². The molecule has 0 saturated carbocycles. The van der Waals surface area contributed by atoms with Gasteiger partial charge in [0.1, 0.15) is 13.2 Å². The third-order valence-electron chi connectivity index (χ3n) is 3.11. The Kier molecular flexibility index (Phi) is 10.5. The molecule has 0 unspecified atom stereocenters. The summed E-state index contributed by atoms with van der Waals surface area (Å²) in [5.41, 5.74) is 1.68. The van der Waals surface area contributed by atoms with Crippen molar-refractivity contribution in [3.63, 3.8) is 0 Å². The highest BCUT2D eigenvalue weighted by molar-refractivity contribution is 5.73. The minimum absolute atomic E-state index is 0.200. The van der Waals surface area contributed by atoms with Crippen LogP contribution in [0, 0.1) is 0 Å². The lowest BCUT2D eigenvalue weighted by atomic mass is 10.1. The van der Waals surface area contributed by atoms with E-state index in [0.717, 1.165) is 11.1 Å². The van der Waals surface area contributed by atoms with Gasteiger partial charge in [-0.1, -0.05) is 24.3 Å². The van der Waals surface area contributed by atoms with Gasteiger partial charge in [-0.15, -0.1) is 0 Å². The van der Waals surface area contributed by atoms with Gasteiger partial charge in [-0.05, 0) is 25.0 Å². The molecule has 0 aliphatic heterocycles. The number of hydrogen-bond donors (Lipinski definition) is 0. The summed E-state index contributed by atoms with van der Waals surface area (Å²) in [6, 6.07) is 7.25. The Labute approximate surface area is 143 Å². The van der Waals surface area contributed by atoms with E-state index in [1.54, 1.807) is 0 Å². The molecular formula is C18H26O6. The van der Waals surface area contributed by atoms with Crippen molar-refractivity contribution in [2.45, 2.75) is 26.7 Å². The molecule has 1 aromatic carbocycles.